The summed E-state index contributed by atoms with van der Waals surface area (Å²) in [6, 6.07) is 10.6. The van der Waals surface area contributed by atoms with Crippen LogP contribution in [0.25, 0.3) is 21.6 Å². The lowest BCUT2D eigenvalue weighted by atomic mass is 10.2. The molecule has 0 aliphatic rings. The van der Waals surface area contributed by atoms with Crippen molar-refractivity contribution in [3.05, 3.63) is 41.8 Å². The number of imide groups is 1. The third-order valence-electron chi connectivity index (χ3n) is 2.91. The number of carbonyl (C=O) groups is 2. The van der Waals surface area contributed by atoms with Gasteiger partial charge in [0.1, 0.15) is 5.03 Å². The van der Waals surface area contributed by atoms with E-state index >= 15 is 0 Å². The molecule has 3 amide bonds. The second-order valence-electron chi connectivity index (χ2n) is 4.55. The lowest BCUT2D eigenvalue weighted by Crippen LogP contribution is -2.36. The van der Waals surface area contributed by atoms with Gasteiger partial charge in [-0.1, -0.05) is 36.0 Å². The van der Waals surface area contributed by atoms with Crippen molar-refractivity contribution in [1.82, 2.24) is 15.3 Å². The number of primary amides is 1. The van der Waals surface area contributed by atoms with Crippen LogP contribution >= 0.6 is 23.1 Å². The molecule has 0 unspecified atom stereocenters. The van der Waals surface area contributed by atoms with Crippen LogP contribution < -0.4 is 11.1 Å². The molecule has 0 aliphatic heterocycles. The zero-order chi connectivity index (χ0) is 16.2. The molecule has 0 bridgehead atoms. The summed E-state index contributed by atoms with van der Waals surface area (Å²) in [6.07, 6.45) is 0. The van der Waals surface area contributed by atoms with E-state index in [1.165, 1.54) is 11.8 Å². The summed E-state index contributed by atoms with van der Waals surface area (Å²) in [4.78, 5) is 32.4. The van der Waals surface area contributed by atoms with E-state index in [1.54, 1.807) is 11.3 Å². The Labute approximate surface area is 140 Å². The Morgan fingerprint density at radius 2 is 2.00 bits per heavy atom. The van der Waals surface area contributed by atoms with Crippen LogP contribution in [0, 0.1) is 0 Å². The number of urea groups is 1. The average molecular weight is 344 g/mol. The third kappa shape index (κ3) is 3.66. The van der Waals surface area contributed by atoms with Gasteiger partial charge in [-0.05, 0) is 17.5 Å². The smallest absolute Gasteiger partial charge is 0.318 e. The van der Waals surface area contributed by atoms with E-state index in [2.05, 4.69) is 9.97 Å². The van der Waals surface area contributed by atoms with Crippen LogP contribution in [-0.2, 0) is 4.79 Å². The molecule has 116 valence electrons. The Balaban J connectivity index is 1.94. The maximum atomic E-state index is 11.6. The van der Waals surface area contributed by atoms with E-state index in [0.29, 0.717) is 10.9 Å². The van der Waals surface area contributed by atoms with Gasteiger partial charge < -0.3 is 5.73 Å². The molecule has 0 aliphatic carbocycles. The first kappa shape index (κ1) is 15.4. The zero-order valence-corrected chi connectivity index (χ0v) is 13.5. The second-order valence-corrected chi connectivity index (χ2v) is 6.46. The minimum absolute atomic E-state index is 0.0494. The van der Waals surface area contributed by atoms with Gasteiger partial charge in [0.25, 0.3) is 0 Å². The lowest BCUT2D eigenvalue weighted by molar-refractivity contribution is -0.117. The Morgan fingerprint density at radius 1 is 1.17 bits per heavy atom. The average Bonchev–Trinajstić information content (AvgIpc) is 3.06. The number of amides is 3. The van der Waals surface area contributed by atoms with Crippen LogP contribution in [0.15, 0.2) is 46.8 Å². The van der Waals surface area contributed by atoms with Crippen molar-refractivity contribution >= 4 is 45.9 Å². The Bertz CT molecular complexity index is 865. The Kier molecular flexibility index (Phi) is 4.54. The first-order valence-corrected chi connectivity index (χ1v) is 8.53. The number of hydrogen-bond donors (Lipinski definition) is 2. The number of hydrogen-bond acceptors (Lipinski definition) is 6. The van der Waals surface area contributed by atoms with Crippen molar-refractivity contribution < 1.29 is 9.59 Å². The van der Waals surface area contributed by atoms with Gasteiger partial charge in [0, 0.05) is 5.39 Å². The molecule has 6 nitrogen and oxygen atoms in total. The van der Waals surface area contributed by atoms with Gasteiger partial charge in [0.05, 0.1) is 16.1 Å². The van der Waals surface area contributed by atoms with Crippen LogP contribution in [-0.4, -0.2) is 27.7 Å². The molecular weight excluding hydrogens is 332 g/mol. The number of rotatable bonds is 4. The van der Waals surface area contributed by atoms with E-state index < -0.39 is 11.9 Å². The predicted molar refractivity (Wildman–Crippen MR) is 91.3 cm³/mol. The summed E-state index contributed by atoms with van der Waals surface area (Å²) < 4.78 is 0. The molecule has 0 radical (unpaired) electrons. The van der Waals surface area contributed by atoms with Gasteiger partial charge >= 0.3 is 6.03 Å². The van der Waals surface area contributed by atoms with Gasteiger partial charge in [-0.2, -0.15) is 0 Å². The highest BCUT2D eigenvalue weighted by Crippen LogP contribution is 2.29. The van der Waals surface area contributed by atoms with E-state index in [9.17, 15) is 9.59 Å². The van der Waals surface area contributed by atoms with Crippen molar-refractivity contribution in [3.8, 4) is 10.7 Å². The molecule has 0 saturated heterocycles. The molecule has 0 saturated carbocycles. The maximum Gasteiger partial charge on any atom is 0.318 e. The van der Waals surface area contributed by atoms with Crippen LogP contribution in [0.4, 0.5) is 4.79 Å². The monoisotopic (exact) mass is 344 g/mol. The number of aromatic nitrogens is 2. The third-order valence-corrected chi connectivity index (χ3v) is 4.77. The van der Waals surface area contributed by atoms with Gasteiger partial charge in [0.15, 0.2) is 5.82 Å². The lowest BCUT2D eigenvalue weighted by Gasteiger charge is -2.07. The summed E-state index contributed by atoms with van der Waals surface area (Å²) in [6.45, 7) is 0. The highest BCUT2D eigenvalue weighted by molar-refractivity contribution is 8.00. The molecule has 3 N–H and O–H groups in total. The summed E-state index contributed by atoms with van der Waals surface area (Å²) in [5, 5.41) is 5.56. The largest absolute Gasteiger partial charge is 0.351 e. The first-order chi connectivity index (χ1) is 11.1. The van der Waals surface area contributed by atoms with Crippen molar-refractivity contribution in [2.75, 3.05) is 5.75 Å². The van der Waals surface area contributed by atoms with Crippen LogP contribution in [0.5, 0.6) is 0 Å². The maximum absolute atomic E-state index is 11.6. The first-order valence-electron chi connectivity index (χ1n) is 6.66. The molecule has 3 rings (SSSR count). The SMILES string of the molecule is NC(=O)NC(=O)CSc1nc(-c2cccs2)nc2ccccc12. The number of fused-ring (bicyclic) bond motifs is 1. The number of benzene rings is 1. The molecule has 0 spiro atoms. The number of nitrogens with one attached hydrogen (secondary N) is 1. The van der Waals surface area contributed by atoms with E-state index in [4.69, 9.17) is 5.73 Å². The van der Waals surface area contributed by atoms with Crippen LogP contribution in [0.3, 0.4) is 0 Å². The number of nitrogens with two attached hydrogens (primary N) is 1. The molecule has 1 aromatic carbocycles. The van der Waals surface area contributed by atoms with Gasteiger partial charge in [-0.3, -0.25) is 10.1 Å². The molecule has 23 heavy (non-hydrogen) atoms. The summed E-state index contributed by atoms with van der Waals surface area (Å²) >= 11 is 2.80. The van der Waals surface area contributed by atoms with Gasteiger partial charge in [-0.15, -0.1) is 11.3 Å². The molecule has 8 heteroatoms. The van der Waals surface area contributed by atoms with Crippen LogP contribution in [0.1, 0.15) is 0 Å². The number of nitrogens with zero attached hydrogens (tertiary/aromatic N) is 2. The quantitative estimate of drug-likeness (QED) is 0.560. The van der Waals surface area contributed by atoms with Gasteiger partial charge in [-0.25, -0.2) is 14.8 Å². The molecule has 0 fully saturated rings. The summed E-state index contributed by atoms with van der Waals surface area (Å²) in [7, 11) is 0. The summed E-state index contributed by atoms with van der Waals surface area (Å²) in [5.74, 6) is 0.216. The van der Waals surface area contributed by atoms with E-state index in [0.717, 1.165) is 15.8 Å². The Hall–Kier alpha value is -2.45. The molecule has 0 atom stereocenters. The Morgan fingerprint density at radius 3 is 2.74 bits per heavy atom. The predicted octanol–water partition coefficient (Wildman–Crippen LogP) is 2.65. The molecule has 2 aromatic heterocycles. The molecule has 3 aromatic rings. The van der Waals surface area contributed by atoms with Crippen molar-refractivity contribution in [2.45, 2.75) is 5.03 Å². The van der Waals surface area contributed by atoms with Gasteiger partial charge in [0.2, 0.25) is 5.91 Å². The number of para-hydroxylation sites is 1. The topological polar surface area (TPSA) is 98.0 Å². The number of thioether (sulfide) groups is 1. The number of thiophene rings is 1. The fourth-order valence-corrected chi connectivity index (χ4v) is 3.46. The standard InChI is InChI=1S/C15H12N4O2S2/c16-15(21)18-12(20)8-23-14-9-4-1-2-5-10(9)17-13(19-14)11-6-3-7-22-11/h1-7H,8H2,(H3,16,18,20,21). The van der Waals surface area contributed by atoms with Crippen molar-refractivity contribution in [3.63, 3.8) is 0 Å². The second kappa shape index (κ2) is 6.76. The van der Waals surface area contributed by atoms with E-state index in [-0.39, 0.29) is 5.75 Å². The number of carbonyl (C=O) groups excluding carboxylic acids is 2. The normalized spacial score (nSPS) is 10.6. The minimum Gasteiger partial charge on any atom is -0.351 e. The highest BCUT2D eigenvalue weighted by Gasteiger charge is 2.12. The molecule has 2 heterocycles. The fraction of sp³-hybridized carbons (Fsp3) is 0.0667. The van der Waals surface area contributed by atoms with Crippen molar-refractivity contribution in [1.29, 1.82) is 0 Å². The molecular formula is C15H12N4O2S2. The van der Waals surface area contributed by atoms with E-state index in [1.807, 2.05) is 47.1 Å². The minimum atomic E-state index is -0.859. The van der Waals surface area contributed by atoms with Crippen molar-refractivity contribution in [2.24, 2.45) is 5.73 Å². The fourth-order valence-electron chi connectivity index (χ4n) is 1.98. The summed E-state index contributed by atoms with van der Waals surface area (Å²) in [5.41, 5.74) is 5.75. The zero-order valence-electron chi connectivity index (χ0n) is 11.9. The highest BCUT2D eigenvalue weighted by atomic mass is 32.2. The van der Waals surface area contributed by atoms with Crippen LogP contribution in [0.2, 0.25) is 0 Å².